The number of aliphatic hydroxyl groups excluding tert-OH is 1. The highest BCUT2D eigenvalue weighted by atomic mass is 16.5. The van der Waals surface area contributed by atoms with Crippen molar-refractivity contribution in [2.45, 2.75) is 45.8 Å². The van der Waals surface area contributed by atoms with Gasteiger partial charge in [-0.25, -0.2) is 0 Å². The Hall–Kier alpha value is -1.16. The number of ketones is 1. The molecule has 1 N–H and O–H groups in total. The topological polar surface area (TPSA) is 63.6 Å². The molecule has 4 nitrogen and oxygen atoms in total. The van der Waals surface area contributed by atoms with Crippen molar-refractivity contribution in [3.8, 4) is 0 Å². The molecule has 1 atom stereocenters. The quantitative estimate of drug-likeness (QED) is 0.410. The molecule has 15 heavy (non-hydrogen) atoms. The van der Waals surface area contributed by atoms with Crippen molar-refractivity contribution in [1.82, 2.24) is 0 Å². The number of Topliss-reactive ketones (excluding diaryl/α,β-unsaturated/α-hetero) is 1. The van der Waals surface area contributed by atoms with E-state index in [4.69, 9.17) is 4.74 Å². The van der Waals surface area contributed by atoms with Crippen molar-refractivity contribution < 1.29 is 19.4 Å². The number of carbonyl (C=O) groups excluding carboxylic acids is 2. The van der Waals surface area contributed by atoms with Crippen LogP contribution in [0.4, 0.5) is 0 Å². The van der Waals surface area contributed by atoms with Gasteiger partial charge in [0, 0.05) is 6.42 Å². The smallest absolute Gasteiger partial charge is 0.313 e. The summed E-state index contributed by atoms with van der Waals surface area (Å²) in [5, 5.41) is 9.25. The number of allylic oxidation sites excluding steroid dienone is 1. The van der Waals surface area contributed by atoms with Crippen molar-refractivity contribution >= 4 is 11.8 Å². The fourth-order valence-corrected chi connectivity index (χ4v) is 1.06. The lowest BCUT2D eigenvalue weighted by Crippen LogP contribution is -2.18. The van der Waals surface area contributed by atoms with E-state index in [1.165, 1.54) is 6.08 Å². The molecule has 86 valence electrons. The number of aliphatic hydroxyl groups is 1. The van der Waals surface area contributed by atoms with Gasteiger partial charge in [-0.15, -0.1) is 0 Å². The Kier molecular flexibility index (Phi) is 6.62. The van der Waals surface area contributed by atoms with Gasteiger partial charge in [-0.3, -0.25) is 9.59 Å². The summed E-state index contributed by atoms with van der Waals surface area (Å²) >= 11 is 0. The maximum atomic E-state index is 11.2. The van der Waals surface area contributed by atoms with Gasteiger partial charge in [-0.2, -0.15) is 0 Å². The standard InChI is InChI=1S/C11H18O4/c1-4-5-9(12)6-10(13)7-11(14)15-8(2)3/h4-5,8-9,12H,6-7H2,1-3H3/b5-4+/t9-/m0/s1. The van der Waals surface area contributed by atoms with E-state index in [1.807, 2.05) is 0 Å². The second kappa shape index (κ2) is 7.17. The van der Waals surface area contributed by atoms with Crippen LogP contribution in [0.15, 0.2) is 12.2 Å². The SMILES string of the molecule is C/C=C/[C@H](O)CC(=O)CC(=O)OC(C)C. The van der Waals surface area contributed by atoms with Crippen molar-refractivity contribution in [2.75, 3.05) is 0 Å². The summed E-state index contributed by atoms with van der Waals surface area (Å²) in [6, 6.07) is 0. The average Bonchev–Trinajstić information content (AvgIpc) is 2.00. The molecule has 0 radical (unpaired) electrons. The molecule has 0 aromatic carbocycles. The Morgan fingerprint density at radius 1 is 1.40 bits per heavy atom. The predicted molar refractivity (Wildman–Crippen MR) is 56.3 cm³/mol. The Morgan fingerprint density at radius 3 is 2.47 bits per heavy atom. The molecule has 0 fully saturated rings. The minimum Gasteiger partial charge on any atom is -0.463 e. The van der Waals surface area contributed by atoms with Gasteiger partial charge in [0.1, 0.15) is 12.2 Å². The zero-order valence-electron chi connectivity index (χ0n) is 9.40. The zero-order valence-corrected chi connectivity index (χ0v) is 9.40. The third-order valence-corrected chi connectivity index (χ3v) is 1.56. The van der Waals surface area contributed by atoms with Gasteiger partial charge in [-0.1, -0.05) is 12.2 Å². The van der Waals surface area contributed by atoms with Crippen LogP contribution < -0.4 is 0 Å². The lowest BCUT2D eigenvalue weighted by atomic mass is 10.1. The Balaban J connectivity index is 3.88. The number of esters is 1. The fraction of sp³-hybridized carbons (Fsp3) is 0.636. The molecular formula is C11H18O4. The second-order valence-corrected chi connectivity index (χ2v) is 3.55. The number of rotatable bonds is 6. The van der Waals surface area contributed by atoms with Gasteiger partial charge in [0.2, 0.25) is 0 Å². The molecule has 0 heterocycles. The van der Waals surface area contributed by atoms with Crippen molar-refractivity contribution in [1.29, 1.82) is 0 Å². The van der Waals surface area contributed by atoms with E-state index in [9.17, 15) is 14.7 Å². The maximum absolute atomic E-state index is 11.2. The van der Waals surface area contributed by atoms with Crippen LogP contribution >= 0.6 is 0 Å². The highest BCUT2D eigenvalue weighted by Gasteiger charge is 2.14. The highest BCUT2D eigenvalue weighted by Crippen LogP contribution is 2.01. The first kappa shape index (κ1) is 13.8. The first-order chi connectivity index (χ1) is 6.95. The van der Waals surface area contributed by atoms with Gasteiger partial charge in [0.05, 0.1) is 12.2 Å². The van der Waals surface area contributed by atoms with E-state index in [2.05, 4.69) is 0 Å². The molecular weight excluding hydrogens is 196 g/mol. The third kappa shape index (κ3) is 7.88. The Labute approximate surface area is 89.9 Å². The molecule has 0 aromatic rings. The molecule has 0 spiro atoms. The van der Waals surface area contributed by atoms with E-state index in [0.29, 0.717) is 0 Å². The Morgan fingerprint density at radius 2 is 2.00 bits per heavy atom. The predicted octanol–water partition coefficient (Wildman–Crippen LogP) is 1.22. The van der Waals surface area contributed by atoms with Crippen LogP contribution in [0.3, 0.4) is 0 Å². The van der Waals surface area contributed by atoms with Crippen LogP contribution in [0, 0.1) is 0 Å². The summed E-state index contributed by atoms with van der Waals surface area (Å²) < 4.78 is 4.80. The third-order valence-electron chi connectivity index (χ3n) is 1.56. The van der Waals surface area contributed by atoms with Crippen LogP contribution in [0.2, 0.25) is 0 Å². The monoisotopic (exact) mass is 214 g/mol. The van der Waals surface area contributed by atoms with Crippen LogP contribution in [0.25, 0.3) is 0 Å². The maximum Gasteiger partial charge on any atom is 0.313 e. The molecule has 0 bridgehead atoms. The molecule has 0 unspecified atom stereocenters. The minimum atomic E-state index is -0.811. The summed E-state index contributed by atoms with van der Waals surface area (Å²) in [5.41, 5.74) is 0. The molecule has 0 aliphatic carbocycles. The summed E-state index contributed by atoms with van der Waals surface area (Å²) in [5.74, 6) is -0.853. The van der Waals surface area contributed by atoms with Gasteiger partial charge >= 0.3 is 5.97 Å². The molecule has 0 aliphatic heterocycles. The number of hydrogen-bond acceptors (Lipinski definition) is 4. The Bertz CT molecular complexity index is 243. The van der Waals surface area contributed by atoms with Crippen molar-refractivity contribution in [2.24, 2.45) is 0 Å². The summed E-state index contributed by atoms with van der Waals surface area (Å²) in [6.45, 7) is 5.19. The van der Waals surface area contributed by atoms with E-state index >= 15 is 0 Å². The molecule has 0 saturated heterocycles. The van der Waals surface area contributed by atoms with E-state index in [-0.39, 0.29) is 24.7 Å². The molecule has 0 saturated carbocycles. The lowest BCUT2D eigenvalue weighted by Gasteiger charge is -2.08. The van der Waals surface area contributed by atoms with Gasteiger partial charge in [0.15, 0.2) is 0 Å². The van der Waals surface area contributed by atoms with Gasteiger partial charge in [0.25, 0.3) is 0 Å². The van der Waals surface area contributed by atoms with Gasteiger partial charge < -0.3 is 9.84 Å². The normalized spacial score (nSPS) is 13.1. The van der Waals surface area contributed by atoms with E-state index < -0.39 is 12.1 Å². The van der Waals surface area contributed by atoms with Crippen LogP contribution in [0.5, 0.6) is 0 Å². The number of ether oxygens (including phenoxy) is 1. The molecule has 0 aliphatic rings. The van der Waals surface area contributed by atoms with Crippen LogP contribution in [-0.4, -0.2) is 29.1 Å². The number of hydrogen-bond donors (Lipinski definition) is 1. The molecule has 0 amide bonds. The highest BCUT2D eigenvalue weighted by molar-refractivity contribution is 5.95. The molecule has 4 heteroatoms. The average molecular weight is 214 g/mol. The summed E-state index contributed by atoms with van der Waals surface area (Å²) in [4.78, 5) is 22.3. The first-order valence-electron chi connectivity index (χ1n) is 4.97. The zero-order chi connectivity index (χ0) is 11.8. The molecule has 0 rings (SSSR count). The summed E-state index contributed by atoms with van der Waals surface area (Å²) in [6.07, 6.45) is 1.82. The largest absolute Gasteiger partial charge is 0.463 e. The van der Waals surface area contributed by atoms with Gasteiger partial charge in [-0.05, 0) is 20.8 Å². The summed E-state index contributed by atoms with van der Waals surface area (Å²) in [7, 11) is 0. The fourth-order valence-electron chi connectivity index (χ4n) is 1.06. The van der Waals surface area contributed by atoms with Crippen molar-refractivity contribution in [3.63, 3.8) is 0 Å². The number of carbonyl (C=O) groups is 2. The van der Waals surface area contributed by atoms with Crippen LogP contribution in [0.1, 0.15) is 33.6 Å². The van der Waals surface area contributed by atoms with E-state index in [1.54, 1.807) is 26.8 Å². The minimum absolute atomic E-state index is 0.0441. The first-order valence-corrected chi connectivity index (χ1v) is 4.97. The lowest BCUT2D eigenvalue weighted by molar-refractivity contribution is -0.149. The van der Waals surface area contributed by atoms with E-state index in [0.717, 1.165) is 0 Å². The van der Waals surface area contributed by atoms with Crippen molar-refractivity contribution in [3.05, 3.63) is 12.2 Å². The van der Waals surface area contributed by atoms with Crippen LogP contribution in [-0.2, 0) is 14.3 Å². The molecule has 0 aromatic heterocycles. The second-order valence-electron chi connectivity index (χ2n) is 3.55.